The summed E-state index contributed by atoms with van der Waals surface area (Å²) in [6, 6.07) is 6.96. The second kappa shape index (κ2) is 7.06. The molecule has 0 amide bonds. The molecule has 4 nitrogen and oxygen atoms in total. The molecule has 0 fully saturated rings. The number of hydrogen-bond acceptors (Lipinski definition) is 4. The van der Waals surface area contributed by atoms with Gasteiger partial charge in [-0.05, 0) is 37.9 Å². The lowest BCUT2D eigenvalue weighted by atomic mass is 10.1. The van der Waals surface area contributed by atoms with Gasteiger partial charge in [0.25, 0.3) is 0 Å². The number of nitrogens with one attached hydrogen (secondary N) is 1. The van der Waals surface area contributed by atoms with Gasteiger partial charge in [-0.2, -0.15) is 0 Å². The van der Waals surface area contributed by atoms with Crippen LogP contribution in [0.25, 0.3) is 10.9 Å². The third-order valence-corrected chi connectivity index (χ3v) is 3.73. The van der Waals surface area contributed by atoms with E-state index in [0.717, 1.165) is 17.7 Å². The minimum Gasteiger partial charge on any atom is -0.365 e. The molecule has 0 aliphatic rings. The lowest BCUT2D eigenvalue weighted by molar-refractivity contribution is 0.392. The van der Waals surface area contributed by atoms with Gasteiger partial charge in [-0.25, -0.2) is 23.1 Å². The molecule has 3 aromatic rings. The third-order valence-electron chi connectivity index (χ3n) is 3.73. The number of anilines is 1. The molecule has 2 aromatic carbocycles. The Morgan fingerprint density at radius 2 is 1.72 bits per heavy atom. The quantitative estimate of drug-likeness (QED) is 0.764. The molecule has 0 bridgehead atoms. The van der Waals surface area contributed by atoms with E-state index in [-0.39, 0.29) is 5.82 Å². The maximum atomic E-state index is 13.8. The Bertz CT molecular complexity index is 912. The van der Waals surface area contributed by atoms with E-state index in [4.69, 9.17) is 0 Å². The molecule has 0 saturated carbocycles. The summed E-state index contributed by atoms with van der Waals surface area (Å²) in [5.74, 6) is -1.78. The summed E-state index contributed by atoms with van der Waals surface area (Å²) < 4.78 is 40.7. The van der Waals surface area contributed by atoms with Crippen LogP contribution in [-0.2, 0) is 13.1 Å². The van der Waals surface area contributed by atoms with Gasteiger partial charge in [-0.3, -0.25) is 0 Å². The van der Waals surface area contributed by atoms with Crippen molar-refractivity contribution in [2.75, 3.05) is 19.4 Å². The monoisotopic (exact) mass is 346 g/mol. The van der Waals surface area contributed by atoms with Crippen LogP contribution in [-0.4, -0.2) is 29.0 Å². The van der Waals surface area contributed by atoms with E-state index in [9.17, 15) is 13.2 Å². The van der Waals surface area contributed by atoms with Crippen LogP contribution >= 0.6 is 0 Å². The lowest BCUT2D eigenvalue weighted by Gasteiger charge is -2.13. The summed E-state index contributed by atoms with van der Waals surface area (Å²) in [4.78, 5) is 9.91. The normalized spacial score (nSPS) is 11.3. The molecule has 3 rings (SSSR count). The highest BCUT2D eigenvalue weighted by atomic mass is 19.2. The SMILES string of the molecule is CN(C)Cc1cc(CNc2ncnc3cc(F)c(F)cc23)ccc1F. The van der Waals surface area contributed by atoms with Gasteiger partial charge in [-0.1, -0.05) is 6.07 Å². The minimum atomic E-state index is -0.958. The molecule has 1 heterocycles. The third kappa shape index (κ3) is 3.88. The molecule has 1 aromatic heterocycles. The van der Waals surface area contributed by atoms with Gasteiger partial charge in [0, 0.05) is 30.1 Å². The van der Waals surface area contributed by atoms with Crippen LogP contribution < -0.4 is 5.32 Å². The van der Waals surface area contributed by atoms with Crippen molar-refractivity contribution in [1.82, 2.24) is 14.9 Å². The predicted molar refractivity (Wildman–Crippen MR) is 90.6 cm³/mol. The molecule has 1 N–H and O–H groups in total. The molecule has 130 valence electrons. The highest BCUT2D eigenvalue weighted by molar-refractivity contribution is 5.88. The first-order valence-electron chi connectivity index (χ1n) is 7.69. The molecule has 0 radical (unpaired) electrons. The van der Waals surface area contributed by atoms with E-state index >= 15 is 0 Å². The Hall–Kier alpha value is -2.67. The maximum absolute atomic E-state index is 13.8. The Labute approximate surface area is 143 Å². The Morgan fingerprint density at radius 1 is 0.960 bits per heavy atom. The van der Waals surface area contributed by atoms with Crippen LogP contribution in [0.5, 0.6) is 0 Å². The zero-order chi connectivity index (χ0) is 18.0. The average molecular weight is 346 g/mol. The molecule has 7 heteroatoms. The van der Waals surface area contributed by atoms with Crippen LogP contribution in [0.4, 0.5) is 19.0 Å². The topological polar surface area (TPSA) is 41.0 Å². The van der Waals surface area contributed by atoms with Crippen molar-refractivity contribution in [2.24, 2.45) is 0 Å². The van der Waals surface area contributed by atoms with Crippen molar-refractivity contribution in [2.45, 2.75) is 13.1 Å². The summed E-state index contributed by atoms with van der Waals surface area (Å²) >= 11 is 0. The van der Waals surface area contributed by atoms with Gasteiger partial charge in [0.1, 0.15) is 18.0 Å². The number of fused-ring (bicyclic) bond motifs is 1. The number of hydrogen-bond donors (Lipinski definition) is 1. The van der Waals surface area contributed by atoms with Gasteiger partial charge in [0.15, 0.2) is 11.6 Å². The molecule has 0 unspecified atom stereocenters. The van der Waals surface area contributed by atoms with Crippen molar-refractivity contribution >= 4 is 16.7 Å². The van der Waals surface area contributed by atoms with Crippen LogP contribution in [0, 0.1) is 17.5 Å². The van der Waals surface area contributed by atoms with Crippen LogP contribution in [0.1, 0.15) is 11.1 Å². The first-order chi connectivity index (χ1) is 11.9. The Kier molecular flexibility index (Phi) is 4.85. The smallest absolute Gasteiger partial charge is 0.161 e. The van der Waals surface area contributed by atoms with Crippen molar-refractivity contribution in [3.8, 4) is 0 Å². The summed E-state index contributed by atoms with van der Waals surface area (Å²) in [5, 5.41) is 3.46. The van der Waals surface area contributed by atoms with E-state index in [0.29, 0.717) is 35.4 Å². The van der Waals surface area contributed by atoms with Gasteiger partial charge >= 0.3 is 0 Å². The molecule has 0 spiro atoms. The molecule has 25 heavy (non-hydrogen) atoms. The van der Waals surface area contributed by atoms with Gasteiger partial charge in [0.05, 0.1) is 5.52 Å². The largest absolute Gasteiger partial charge is 0.365 e. The van der Waals surface area contributed by atoms with Crippen molar-refractivity contribution < 1.29 is 13.2 Å². The number of rotatable bonds is 5. The van der Waals surface area contributed by atoms with Crippen LogP contribution in [0.2, 0.25) is 0 Å². The highest BCUT2D eigenvalue weighted by Crippen LogP contribution is 2.23. The molecule has 0 saturated heterocycles. The summed E-state index contributed by atoms with van der Waals surface area (Å²) in [6.07, 6.45) is 1.28. The van der Waals surface area contributed by atoms with E-state index < -0.39 is 11.6 Å². The Balaban J connectivity index is 1.84. The van der Waals surface area contributed by atoms with Gasteiger partial charge in [-0.15, -0.1) is 0 Å². The zero-order valence-corrected chi connectivity index (χ0v) is 13.9. The lowest BCUT2D eigenvalue weighted by Crippen LogP contribution is -2.12. The molecule has 0 atom stereocenters. The fraction of sp³-hybridized carbons (Fsp3) is 0.222. The van der Waals surface area contributed by atoms with Crippen molar-refractivity contribution in [3.05, 3.63) is 65.2 Å². The minimum absolute atomic E-state index is 0.262. The molecule has 0 aliphatic carbocycles. The number of nitrogens with zero attached hydrogens (tertiary/aromatic N) is 3. The number of aromatic nitrogens is 2. The second-order valence-corrected chi connectivity index (χ2v) is 6.02. The summed E-state index contributed by atoms with van der Waals surface area (Å²) in [6.45, 7) is 0.854. The van der Waals surface area contributed by atoms with Crippen LogP contribution in [0.3, 0.4) is 0 Å². The second-order valence-electron chi connectivity index (χ2n) is 6.02. The van der Waals surface area contributed by atoms with Crippen LogP contribution in [0.15, 0.2) is 36.7 Å². The Morgan fingerprint density at radius 3 is 2.48 bits per heavy atom. The molecule has 0 aliphatic heterocycles. The fourth-order valence-corrected chi connectivity index (χ4v) is 2.58. The molecular formula is C18H17F3N4. The molecular weight excluding hydrogens is 329 g/mol. The standard InChI is InChI=1S/C18H17F3N4/c1-25(2)9-12-5-11(3-4-14(12)19)8-22-18-13-6-15(20)16(21)7-17(13)23-10-24-18/h3-7,10H,8-9H2,1-2H3,(H,22,23,24). The fourth-order valence-electron chi connectivity index (χ4n) is 2.58. The summed E-state index contributed by atoms with van der Waals surface area (Å²) in [5.41, 5.74) is 1.75. The van der Waals surface area contributed by atoms with E-state index in [1.807, 2.05) is 19.0 Å². The first-order valence-corrected chi connectivity index (χ1v) is 7.69. The van der Waals surface area contributed by atoms with E-state index in [1.165, 1.54) is 12.4 Å². The van der Waals surface area contributed by atoms with Crippen molar-refractivity contribution in [1.29, 1.82) is 0 Å². The average Bonchev–Trinajstić information content (AvgIpc) is 2.56. The number of benzene rings is 2. The van der Waals surface area contributed by atoms with E-state index in [2.05, 4.69) is 15.3 Å². The van der Waals surface area contributed by atoms with E-state index in [1.54, 1.807) is 12.1 Å². The maximum Gasteiger partial charge on any atom is 0.161 e. The van der Waals surface area contributed by atoms with Gasteiger partial charge < -0.3 is 10.2 Å². The first kappa shape index (κ1) is 17.2. The highest BCUT2D eigenvalue weighted by Gasteiger charge is 2.10. The van der Waals surface area contributed by atoms with Gasteiger partial charge in [0.2, 0.25) is 0 Å². The number of halogens is 3. The predicted octanol–water partition coefficient (Wildman–Crippen LogP) is 3.72. The van der Waals surface area contributed by atoms with Crippen molar-refractivity contribution in [3.63, 3.8) is 0 Å². The zero-order valence-electron chi connectivity index (χ0n) is 13.9. The summed E-state index contributed by atoms with van der Waals surface area (Å²) in [7, 11) is 3.73.